The van der Waals surface area contributed by atoms with Gasteiger partial charge in [-0.2, -0.15) is 0 Å². The van der Waals surface area contributed by atoms with Crippen LogP contribution in [-0.2, 0) is 4.74 Å². The first-order valence-corrected chi connectivity index (χ1v) is 8.08. The van der Waals surface area contributed by atoms with Gasteiger partial charge < -0.3 is 15.0 Å². The largest absolute Gasteiger partial charge is 0.379 e. The van der Waals surface area contributed by atoms with E-state index in [1.54, 1.807) is 6.07 Å². The highest BCUT2D eigenvalue weighted by Crippen LogP contribution is 2.21. The van der Waals surface area contributed by atoms with E-state index < -0.39 is 0 Å². The van der Waals surface area contributed by atoms with Gasteiger partial charge in [-0.3, -0.25) is 14.5 Å². The van der Waals surface area contributed by atoms with Crippen molar-refractivity contribution < 1.29 is 9.53 Å². The van der Waals surface area contributed by atoms with Crippen molar-refractivity contribution >= 4 is 5.91 Å². The van der Waals surface area contributed by atoms with Crippen molar-refractivity contribution in [2.45, 2.75) is 6.04 Å². The second kappa shape index (κ2) is 7.90. The zero-order chi connectivity index (χ0) is 16.8. The second-order valence-electron chi connectivity index (χ2n) is 5.70. The number of benzene rings is 1. The number of amides is 1. The van der Waals surface area contributed by atoms with Crippen molar-refractivity contribution in [1.82, 2.24) is 15.2 Å². The quantitative estimate of drug-likeness (QED) is 0.865. The molecule has 6 heteroatoms. The number of H-pyrrole nitrogens is 1. The van der Waals surface area contributed by atoms with Gasteiger partial charge in [0.2, 0.25) is 0 Å². The number of nitrogens with one attached hydrogen (secondary N) is 2. The summed E-state index contributed by atoms with van der Waals surface area (Å²) in [4.78, 5) is 28.9. The van der Waals surface area contributed by atoms with Gasteiger partial charge in [-0.1, -0.05) is 30.3 Å². The lowest BCUT2D eigenvalue weighted by molar-refractivity contribution is 0.0162. The summed E-state index contributed by atoms with van der Waals surface area (Å²) >= 11 is 0. The summed E-state index contributed by atoms with van der Waals surface area (Å²) < 4.78 is 5.42. The summed E-state index contributed by atoms with van der Waals surface area (Å²) in [6.45, 7) is 3.46. The topological polar surface area (TPSA) is 74.4 Å². The van der Waals surface area contributed by atoms with Gasteiger partial charge in [0, 0.05) is 25.8 Å². The molecule has 1 aliphatic rings. The van der Waals surface area contributed by atoms with Crippen molar-refractivity contribution in [3.63, 3.8) is 0 Å². The zero-order valence-electron chi connectivity index (χ0n) is 13.4. The Hall–Kier alpha value is -2.44. The molecule has 0 aliphatic carbocycles. The molecule has 2 heterocycles. The van der Waals surface area contributed by atoms with Crippen molar-refractivity contribution in [3.05, 3.63) is 70.1 Å². The lowest BCUT2D eigenvalue weighted by Gasteiger charge is -2.34. The average Bonchev–Trinajstić information content (AvgIpc) is 2.64. The highest BCUT2D eigenvalue weighted by atomic mass is 16.5. The number of carbonyl (C=O) groups is 1. The Kier molecular flexibility index (Phi) is 5.40. The average molecular weight is 327 g/mol. The van der Waals surface area contributed by atoms with E-state index in [1.807, 2.05) is 18.2 Å². The number of hydrogen-bond donors (Lipinski definition) is 2. The Morgan fingerprint density at radius 3 is 2.62 bits per heavy atom. The number of aromatic amines is 1. The van der Waals surface area contributed by atoms with Crippen LogP contribution in [0.15, 0.2) is 53.5 Å². The van der Waals surface area contributed by atoms with E-state index in [9.17, 15) is 9.59 Å². The Labute approximate surface area is 140 Å². The summed E-state index contributed by atoms with van der Waals surface area (Å²) in [5.41, 5.74) is 0.894. The van der Waals surface area contributed by atoms with Gasteiger partial charge in [-0.25, -0.2) is 0 Å². The second-order valence-corrected chi connectivity index (χ2v) is 5.70. The molecule has 1 aromatic heterocycles. The zero-order valence-corrected chi connectivity index (χ0v) is 13.4. The van der Waals surface area contributed by atoms with Gasteiger partial charge in [0.05, 0.1) is 19.3 Å². The molecule has 1 amide bonds. The van der Waals surface area contributed by atoms with Crippen molar-refractivity contribution in [1.29, 1.82) is 0 Å². The summed E-state index contributed by atoms with van der Waals surface area (Å²) in [6.07, 6.45) is 1.51. The fraction of sp³-hybridized carbons (Fsp3) is 0.333. The number of pyridine rings is 1. The van der Waals surface area contributed by atoms with Crippen LogP contribution in [0.4, 0.5) is 0 Å². The minimum atomic E-state index is -0.377. The van der Waals surface area contributed by atoms with E-state index in [4.69, 9.17) is 4.74 Å². The Morgan fingerprint density at radius 2 is 1.92 bits per heavy atom. The molecule has 1 aromatic carbocycles. The van der Waals surface area contributed by atoms with E-state index in [-0.39, 0.29) is 23.1 Å². The van der Waals surface area contributed by atoms with Gasteiger partial charge >= 0.3 is 0 Å². The number of rotatable bonds is 5. The molecule has 0 bridgehead atoms. The van der Waals surface area contributed by atoms with Crippen LogP contribution in [0, 0.1) is 0 Å². The first-order valence-electron chi connectivity index (χ1n) is 8.08. The van der Waals surface area contributed by atoms with E-state index in [2.05, 4.69) is 27.3 Å². The van der Waals surface area contributed by atoms with Crippen LogP contribution in [0.1, 0.15) is 22.0 Å². The monoisotopic (exact) mass is 327 g/mol. The fourth-order valence-corrected chi connectivity index (χ4v) is 2.91. The molecule has 2 aromatic rings. The highest BCUT2D eigenvalue weighted by Gasteiger charge is 2.23. The highest BCUT2D eigenvalue weighted by molar-refractivity contribution is 5.93. The maximum absolute atomic E-state index is 12.3. The van der Waals surface area contributed by atoms with Gasteiger partial charge in [0.25, 0.3) is 11.5 Å². The van der Waals surface area contributed by atoms with Crippen LogP contribution in [0.3, 0.4) is 0 Å². The lowest BCUT2D eigenvalue weighted by atomic mass is 10.0. The van der Waals surface area contributed by atoms with E-state index in [0.29, 0.717) is 19.8 Å². The van der Waals surface area contributed by atoms with Crippen molar-refractivity contribution in [2.24, 2.45) is 0 Å². The SMILES string of the molecule is O=C(NCC(c1ccccc1)N1CCOCC1)c1ccc[nH]c1=O. The predicted molar refractivity (Wildman–Crippen MR) is 91.0 cm³/mol. The van der Waals surface area contributed by atoms with Crippen molar-refractivity contribution in [2.75, 3.05) is 32.8 Å². The number of morpholine rings is 1. The molecule has 0 saturated carbocycles. The number of aromatic nitrogens is 1. The van der Waals surface area contributed by atoms with Gasteiger partial charge in [0.1, 0.15) is 5.56 Å². The molecule has 6 nitrogen and oxygen atoms in total. The molecule has 24 heavy (non-hydrogen) atoms. The molecule has 3 rings (SSSR count). The third-order valence-corrected chi connectivity index (χ3v) is 4.19. The Morgan fingerprint density at radius 1 is 1.17 bits per heavy atom. The van der Waals surface area contributed by atoms with E-state index >= 15 is 0 Å². The number of hydrogen-bond acceptors (Lipinski definition) is 4. The molecule has 1 aliphatic heterocycles. The standard InChI is InChI=1S/C18H21N3O3/c22-17-15(7-4-8-19-17)18(23)20-13-16(14-5-2-1-3-6-14)21-9-11-24-12-10-21/h1-8,16H,9-13H2,(H,19,22)(H,20,23). The van der Waals surface area contributed by atoms with E-state index in [1.165, 1.54) is 12.3 Å². The minimum Gasteiger partial charge on any atom is -0.379 e. The first-order chi connectivity index (χ1) is 11.8. The molecule has 2 N–H and O–H groups in total. The number of carbonyl (C=O) groups excluding carboxylic acids is 1. The Bertz CT molecular complexity index is 724. The van der Waals surface area contributed by atoms with Crippen molar-refractivity contribution in [3.8, 4) is 0 Å². The van der Waals surface area contributed by atoms with E-state index in [0.717, 1.165) is 18.7 Å². The van der Waals surface area contributed by atoms with Gasteiger partial charge in [-0.05, 0) is 17.7 Å². The summed E-state index contributed by atoms with van der Waals surface area (Å²) in [7, 11) is 0. The Balaban J connectivity index is 1.73. The first kappa shape index (κ1) is 16.4. The molecule has 0 radical (unpaired) electrons. The summed E-state index contributed by atoms with van der Waals surface area (Å²) in [5, 5.41) is 2.89. The smallest absolute Gasteiger partial charge is 0.260 e. The maximum Gasteiger partial charge on any atom is 0.260 e. The normalized spacial score (nSPS) is 16.5. The fourth-order valence-electron chi connectivity index (χ4n) is 2.91. The molecule has 126 valence electrons. The minimum absolute atomic E-state index is 0.0573. The molecule has 1 unspecified atom stereocenters. The summed E-state index contributed by atoms with van der Waals surface area (Å²) in [5.74, 6) is -0.356. The van der Waals surface area contributed by atoms with Crippen LogP contribution < -0.4 is 10.9 Å². The molecule has 0 spiro atoms. The summed E-state index contributed by atoms with van der Waals surface area (Å²) in [6, 6.07) is 13.3. The molecule has 1 saturated heterocycles. The van der Waals surface area contributed by atoms with Crippen LogP contribution in [0.25, 0.3) is 0 Å². The third-order valence-electron chi connectivity index (χ3n) is 4.19. The van der Waals surface area contributed by atoms with Crippen LogP contribution in [0.5, 0.6) is 0 Å². The maximum atomic E-state index is 12.3. The van der Waals surface area contributed by atoms with Crippen LogP contribution in [0.2, 0.25) is 0 Å². The predicted octanol–water partition coefficient (Wildman–Crippen LogP) is 1.18. The molecule has 1 fully saturated rings. The lowest BCUT2D eigenvalue weighted by Crippen LogP contribution is -2.44. The van der Waals surface area contributed by atoms with Crippen LogP contribution in [-0.4, -0.2) is 48.6 Å². The van der Waals surface area contributed by atoms with Gasteiger partial charge in [-0.15, -0.1) is 0 Å². The third kappa shape index (κ3) is 3.90. The molecular formula is C18H21N3O3. The van der Waals surface area contributed by atoms with Gasteiger partial charge in [0.15, 0.2) is 0 Å². The molecular weight excluding hydrogens is 306 g/mol. The van der Waals surface area contributed by atoms with Crippen LogP contribution >= 0.6 is 0 Å². The molecule has 1 atom stereocenters. The number of ether oxygens (including phenoxy) is 1. The number of nitrogens with zero attached hydrogens (tertiary/aromatic N) is 1.